The number of piperazine rings is 1. The van der Waals surface area contributed by atoms with E-state index in [4.69, 9.17) is 0 Å². The smallest absolute Gasteiger partial charge is 0.0660 e. The van der Waals surface area contributed by atoms with Crippen molar-refractivity contribution in [2.75, 3.05) is 32.7 Å². The lowest BCUT2D eigenvalue weighted by Crippen LogP contribution is -3.10. The quantitative estimate of drug-likeness (QED) is 0.505. The third-order valence-corrected chi connectivity index (χ3v) is 2.10. The molecule has 1 heterocycles. The molecule has 0 aromatic heterocycles. The summed E-state index contributed by atoms with van der Waals surface area (Å²) in [6, 6.07) is 0. The number of hydrogen-bond acceptors (Lipinski definition) is 1. The van der Waals surface area contributed by atoms with Crippen LogP contribution in [0.1, 0.15) is 13.3 Å². The Bertz CT molecular complexity index is 85.3. The molecule has 10 heavy (non-hydrogen) atoms. The highest BCUT2D eigenvalue weighted by Crippen LogP contribution is 1.90. The molecule has 0 aromatic carbocycles. The van der Waals surface area contributed by atoms with Gasteiger partial charge < -0.3 is 4.90 Å². The van der Waals surface area contributed by atoms with E-state index in [-0.39, 0.29) is 0 Å². The van der Waals surface area contributed by atoms with Gasteiger partial charge in [-0.25, -0.2) is 0 Å². The van der Waals surface area contributed by atoms with Gasteiger partial charge in [0.25, 0.3) is 0 Å². The Hall–Kier alpha value is -0.0800. The van der Waals surface area contributed by atoms with Gasteiger partial charge in [0.2, 0.25) is 0 Å². The molecule has 0 aliphatic carbocycles. The first-order valence-electron chi connectivity index (χ1n) is 4.22. The maximum atomic E-state index is 3.98. The molecule has 2 nitrogen and oxygen atoms in total. The van der Waals surface area contributed by atoms with Gasteiger partial charge in [-0.3, -0.25) is 4.90 Å². The molecule has 0 amide bonds. The zero-order valence-corrected chi connectivity index (χ0v) is 6.90. The van der Waals surface area contributed by atoms with E-state index in [0.29, 0.717) is 0 Å². The second-order valence-corrected chi connectivity index (χ2v) is 3.09. The molecule has 0 spiro atoms. The second-order valence-electron chi connectivity index (χ2n) is 3.09. The summed E-state index contributed by atoms with van der Waals surface area (Å²) < 4.78 is 0. The zero-order chi connectivity index (χ0) is 7.40. The number of hydrogen-bond donors (Lipinski definition) is 1. The minimum atomic E-state index is 1.22. The molecule has 1 saturated heterocycles. The maximum absolute atomic E-state index is 3.98. The average molecular weight is 142 g/mol. The van der Waals surface area contributed by atoms with E-state index in [0.717, 1.165) is 0 Å². The molecule has 0 saturated carbocycles. The van der Waals surface area contributed by atoms with Crippen molar-refractivity contribution < 1.29 is 4.90 Å². The predicted molar refractivity (Wildman–Crippen MR) is 42.8 cm³/mol. The van der Waals surface area contributed by atoms with Crippen LogP contribution < -0.4 is 4.90 Å². The SMILES string of the molecule is [CH2-][NH+]1CCN(CCC)CC1. The maximum Gasteiger partial charge on any atom is 0.0660 e. The number of nitrogens with one attached hydrogen (secondary N) is 1. The summed E-state index contributed by atoms with van der Waals surface area (Å²) in [5.74, 6) is 0. The first-order valence-corrected chi connectivity index (χ1v) is 4.22. The molecular formula is C8H18N2. The van der Waals surface area contributed by atoms with Crippen LogP contribution in [0.4, 0.5) is 0 Å². The summed E-state index contributed by atoms with van der Waals surface area (Å²) in [5, 5.41) is 0. The van der Waals surface area contributed by atoms with Crippen LogP contribution in [-0.2, 0) is 0 Å². The molecule has 1 rings (SSSR count). The molecule has 60 valence electrons. The van der Waals surface area contributed by atoms with Gasteiger partial charge >= 0.3 is 0 Å². The molecule has 0 aromatic rings. The van der Waals surface area contributed by atoms with Gasteiger partial charge in [-0.1, -0.05) is 6.92 Å². The Labute approximate surface area is 63.8 Å². The average Bonchev–Trinajstić information content (AvgIpc) is 1.95. The van der Waals surface area contributed by atoms with Crippen molar-refractivity contribution in [3.05, 3.63) is 7.05 Å². The number of nitrogens with zero attached hydrogens (tertiary/aromatic N) is 1. The fourth-order valence-electron chi connectivity index (χ4n) is 1.41. The third-order valence-electron chi connectivity index (χ3n) is 2.10. The van der Waals surface area contributed by atoms with E-state index >= 15 is 0 Å². The standard InChI is InChI=1S/C8H18N2/c1-3-4-10-7-5-9(2)6-8-10/h9H,2-8H2,1H3. The van der Waals surface area contributed by atoms with Crippen LogP contribution in [0, 0.1) is 7.05 Å². The normalized spacial score (nSPS) is 23.4. The molecule has 1 fully saturated rings. The third kappa shape index (κ3) is 2.27. The van der Waals surface area contributed by atoms with E-state index in [9.17, 15) is 0 Å². The minimum Gasteiger partial charge on any atom is -0.466 e. The van der Waals surface area contributed by atoms with E-state index in [1.165, 1.54) is 44.0 Å². The van der Waals surface area contributed by atoms with Crippen molar-refractivity contribution in [3.63, 3.8) is 0 Å². The summed E-state index contributed by atoms with van der Waals surface area (Å²) in [5.41, 5.74) is 0. The van der Waals surface area contributed by atoms with Gasteiger partial charge in [0, 0.05) is 13.1 Å². The zero-order valence-electron chi connectivity index (χ0n) is 6.90. The fourth-order valence-corrected chi connectivity index (χ4v) is 1.41. The highest BCUT2D eigenvalue weighted by molar-refractivity contribution is 4.58. The fraction of sp³-hybridized carbons (Fsp3) is 0.875. The van der Waals surface area contributed by atoms with Crippen LogP contribution in [0.2, 0.25) is 0 Å². The van der Waals surface area contributed by atoms with E-state index in [1.807, 2.05) is 0 Å². The Morgan fingerprint density at radius 2 is 2.00 bits per heavy atom. The van der Waals surface area contributed by atoms with Crippen molar-refractivity contribution >= 4 is 0 Å². The number of rotatable bonds is 2. The molecule has 0 unspecified atom stereocenters. The topological polar surface area (TPSA) is 7.68 Å². The first kappa shape index (κ1) is 8.02. The lowest BCUT2D eigenvalue weighted by molar-refractivity contribution is -0.858. The van der Waals surface area contributed by atoms with Crippen molar-refractivity contribution in [3.8, 4) is 0 Å². The summed E-state index contributed by atoms with van der Waals surface area (Å²) >= 11 is 0. The number of quaternary nitrogens is 1. The van der Waals surface area contributed by atoms with Crippen LogP contribution in [0.25, 0.3) is 0 Å². The summed E-state index contributed by atoms with van der Waals surface area (Å²) in [4.78, 5) is 3.96. The Morgan fingerprint density at radius 3 is 2.50 bits per heavy atom. The van der Waals surface area contributed by atoms with Gasteiger partial charge in [-0.15, -0.1) is 0 Å². The molecule has 1 N–H and O–H groups in total. The summed E-state index contributed by atoms with van der Waals surface area (Å²) in [7, 11) is 3.98. The van der Waals surface area contributed by atoms with Gasteiger partial charge in [0.05, 0.1) is 13.1 Å². The van der Waals surface area contributed by atoms with Crippen LogP contribution in [0.5, 0.6) is 0 Å². The molecule has 0 atom stereocenters. The largest absolute Gasteiger partial charge is 0.466 e. The Kier molecular flexibility index (Phi) is 3.16. The Morgan fingerprint density at radius 1 is 1.40 bits per heavy atom. The van der Waals surface area contributed by atoms with E-state index in [2.05, 4.69) is 18.9 Å². The highest BCUT2D eigenvalue weighted by Gasteiger charge is 2.11. The lowest BCUT2D eigenvalue weighted by Gasteiger charge is -2.33. The molecular weight excluding hydrogens is 124 g/mol. The van der Waals surface area contributed by atoms with Crippen LogP contribution >= 0.6 is 0 Å². The van der Waals surface area contributed by atoms with Gasteiger partial charge in [-0.05, 0) is 13.0 Å². The summed E-state index contributed by atoms with van der Waals surface area (Å²) in [6.45, 7) is 8.44. The van der Waals surface area contributed by atoms with Crippen molar-refractivity contribution in [2.24, 2.45) is 0 Å². The van der Waals surface area contributed by atoms with Crippen LogP contribution in [0.15, 0.2) is 0 Å². The minimum absolute atomic E-state index is 1.22. The van der Waals surface area contributed by atoms with Crippen LogP contribution in [-0.4, -0.2) is 37.6 Å². The van der Waals surface area contributed by atoms with Crippen LogP contribution in [0.3, 0.4) is 0 Å². The molecule has 0 bridgehead atoms. The molecule has 0 radical (unpaired) electrons. The van der Waals surface area contributed by atoms with E-state index in [1.54, 1.807) is 0 Å². The molecule has 1 aliphatic rings. The van der Waals surface area contributed by atoms with Gasteiger partial charge in [0.15, 0.2) is 0 Å². The first-order chi connectivity index (χ1) is 4.83. The Balaban J connectivity index is 2.13. The monoisotopic (exact) mass is 142 g/mol. The van der Waals surface area contributed by atoms with Crippen molar-refractivity contribution in [1.29, 1.82) is 0 Å². The molecule has 1 aliphatic heterocycles. The van der Waals surface area contributed by atoms with Crippen molar-refractivity contribution in [2.45, 2.75) is 13.3 Å². The van der Waals surface area contributed by atoms with Gasteiger partial charge in [-0.2, -0.15) is 7.05 Å². The molecule has 2 heteroatoms. The van der Waals surface area contributed by atoms with E-state index < -0.39 is 0 Å². The lowest BCUT2D eigenvalue weighted by atomic mass is 10.3. The summed E-state index contributed by atoms with van der Waals surface area (Å²) in [6.07, 6.45) is 1.28. The van der Waals surface area contributed by atoms with Crippen molar-refractivity contribution in [1.82, 2.24) is 4.90 Å². The van der Waals surface area contributed by atoms with Gasteiger partial charge in [0.1, 0.15) is 0 Å². The predicted octanol–water partition coefficient (Wildman–Crippen LogP) is -0.612. The second kappa shape index (κ2) is 3.94. The highest BCUT2D eigenvalue weighted by atomic mass is 15.2.